The van der Waals surface area contributed by atoms with Crippen LogP contribution >= 0.6 is 0 Å². The second-order valence-electron chi connectivity index (χ2n) is 3.54. The smallest absolute Gasteiger partial charge is 0.326 e. The van der Waals surface area contributed by atoms with Gasteiger partial charge in [-0.15, -0.1) is 0 Å². The van der Waals surface area contributed by atoms with Crippen molar-refractivity contribution in [1.29, 1.82) is 0 Å². The average Bonchev–Trinajstić information content (AvgIpc) is 2.35. The zero-order valence-electron chi connectivity index (χ0n) is 9.29. The van der Waals surface area contributed by atoms with E-state index in [0.29, 0.717) is 17.9 Å². The van der Waals surface area contributed by atoms with Gasteiger partial charge in [0.25, 0.3) is 0 Å². The number of carbonyl (C=O) groups is 1. The highest BCUT2D eigenvalue weighted by atomic mass is 16.4. The van der Waals surface area contributed by atoms with Crippen molar-refractivity contribution in [1.82, 2.24) is 15.0 Å². The number of fused-ring (bicyclic) bond motifs is 1. The van der Waals surface area contributed by atoms with Crippen LogP contribution in [0, 0.1) is 0 Å². The molecule has 0 aliphatic heterocycles. The highest BCUT2D eigenvalue weighted by Crippen LogP contribution is 2.17. The van der Waals surface area contributed by atoms with Crippen LogP contribution in [0.15, 0.2) is 24.7 Å². The van der Waals surface area contributed by atoms with E-state index in [2.05, 4.69) is 20.3 Å². The first-order valence-corrected chi connectivity index (χ1v) is 5.27. The third kappa shape index (κ3) is 2.30. The average molecular weight is 232 g/mol. The van der Waals surface area contributed by atoms with Gasteiger partial charge in [-0.2, -0.15) is 0 Å². The molecule has 0 aromatic carbocycles. The van der Waals surface area contributed by atoms with E-state index < -0.39 is 12.0 Å². The molecule has 1 atom stereocenters. The van der Waals surface area contributed by atoms with E-state index in [0.717, 1.165) is 5.39 Å². The maximum absolute atomic E-state index is 10.9. The van der Waals surface area contributed by atoms with E-state index in [9.17, 15) is 4.79 Å². The Hall–Kier alpha value is -2.24. The second kappa shape index (κ2) is 4.73. The van der Waals surface area contributed by atoms with Gasteiger partial charge in [-0.3, -0.25) is 0 Å². The summed E-state index contributed by atoms with van der Waals surface area (Å²) in [5.74, 6) is -0.402. The fourth-order valence-electron chi connectivity index (χ4n) is 1.51. The van der Waals surface area contributed by atoms with Crippen LogP contribution in [0.5, 0.6) is 0 Å². The Labute approximate surface area is 97.7 Å². The maximum Gasteiger partial charge on any atom is 0.326 e. The lowest BCUT2D eigenvalue weighted by Gasteiger charge is -2.13. The topological polar surface area (TPSA) is 88.0 Å². The van der Waals surface area contributed by atoms with E-state index in [1.165, 1.54) is 6.33 Å². The summed E-state index contributed by atoms with van der Waals surface area (Å²) >= 11 is 0. The molecule has 0 saturated heterocycles. The Bertz CT molecular complexity index is 538. The van der Waals surface area contributed by atoms with Gasteiger partial charge in [-0.25, -0.2) is 19.7 Å². The number of aliphatic carboxylic acids is 1. The lowest BCUT2D eigenvalue weighted by atomic mass is 10.2. The molecule has 6 heteroatoms. The normalized spacial score (nSPS) is 12.3. The van der Waals surface area contributed by atoms with Crippen LogP contribution in [0.25, 0.3) is 11.0 Å². The summed E-state index contributed by atoms with van der Waals surface area (Å²) in [6.45, 7) is 1.80. The molecular weight excluding hydrogens is 220 g/mol. The van der Waals surface area contributed by atoms with Gasteiger partial charge >= 0.3 is 5.97 Å². The first-order chi connectivity index (χ1) is 8.22. The van der Waals surface area contributed by atoms with Crippen molar-refractivity contribution in [3.05, 3.63) is 24.7 Å². The molecule has 2 heterocycles. The molecule has 0 spiro atoms. The van der Waals surface area contributed by atoms with Crippen molar-refractivity contribution in [2.75, 3.05) is 5.32 Å². The maximum atomic E-state index is 10.9. The van der Waals surface area contributed by atoms with E-state index in [4.69, 9.17) is 5.11 Å². The fraction of sp³-hybridized carbons (Fsp3) is 0.273. The lowest BCUT2D eigenvalue weighted by Crippen LogP contribution is -2.28. The van der Waals surface area contributed by atoms with Crippen LogP contribution in [0.2, 0.25) is 0 Å². The second-order valence-corrected chi connectivity index (χ2v) is 3.54. The van der Waals surface area contributed by atoms with Gasteiger partial charge in [0.2, 0.25) is 0 Å². The van der Waals surface area contributed by atoms with Crippen LogP contribution in [-0.2, 0) is 4.79 Å². The molecule has 17 heavy (non-hydrogen) atoms. The molecule has 0 amide bonds. The fourth-order valence-corrected chi connectivity index (χ4v) is 1.51. The summed E-state index contributed by atoms with van der Waals surface area (Å²) in [4.78, 5) is 23.1. The molecule has 2 N–H and O–H groups in total. The van der Waals surface area contributed by atoms with Crippen molar-refractivity contribution in [2.45, 2.75) is 19.4 Å². The Balaban J connectivity index is 2.38. The van der Waals surface area contributed by atoms with Gasteiger partial charge in [0.15, 0.2) is 5.65 Å². The standard InChI is InChI=1S/C11H12N4O2/c1-2-8(11(16)17)15-10-7-4-3-5-12-9(7)13-6-14-10/h3-6,8H,2H2,1H3,(H,16,17)(H,12,13,14,15). The van der Waals surface area contributed by atoms with E-state index in [1.807, 2.05) is 0 Å². The van der Waals surface area contributed by atoms with Crippen LogP contribution in [0.4, 0.5) is 5.82 Å². The molecule has 0 aliphatic rings. The predicted octanol–water partition coefficient (Wildman–Crippen LogP) is 1.30. The number of anilines is 1. The minimum atomic E-state index is -0.900. The third-order valence-corrected chi connectivity index (χ3v) is 2.43. The zero-order valence-corrected chi connectivity index (χ0v) is 9.29. The highest BCUT2D eigenvalue weighted by molar-refractivity contribution is 5.88. The summed E-state index contributed by atoms with van der Waals surface area (Å²) < 4.78 is 0. The molecule has 6 nitrogen and oxygen atoms in total. The van der Waals surface area contributed by atoms with Gasteiger partial charge in [-0.1, -0.05) is 6.92 Å². The molecule has 88 valence electrons. The number of carboxylic acids is 1. The summed E-state index contributed by atoms with van der Waals surface area (Å²) in [5.41, 5.74) is 0.547. The number of hydrogen-bond acceptors (Lipinski definition) is 5. The summed E-state index contributed by atoms with van der Waals surface area (Å²) in [5, 5.41) is 12.6. The van der Waals surface area contributed by atoms with E-state index >= 15 is 0 Å². The highest BCUT2D eigenvalue weighted by Gasteiger charge is 2.16. The van der Waals surface area contributed by atoms with Gasteiger partial charge in [-0.05, 0) is 18.6 Å². The molecule has 2 rings (SSSR count). The van der Waals surface area contributed by atoms with E-state index in [-0.39, 0.29) is 0 Å². The predicted molar refractivity (Wildman–Crippen MR) is 62.7 cm³/mol. The largest absolute Gasteiger partial charge is 0.480 e. The summed E-state index contributed by atoms with van der Waals surface area (Å²) in [6, 6.07) is 2.91. The number of aromatic nitrogens is 3. The first kappa shape index (κ1) is 11.3. The molecule has 0 radical (unpaired) electrons. The van der Waals surface area contributed by atoms with Crippen molar-refractivity contribution in [3.8, 4) is 0 Å². The number of nitrogens with one attached hydrogen (secondary N) is 1. The van der Waals surface area contributed by atoms with Crippen molar-refractivity contribution < 1.29 is 9.90 Å². The molecule has 0 fully saturated rings. The SMILES string of the molecule is CCC(Nc1ncnc2ncccc12)C(=O)O. The number of hydrogen-bond donors (Lipinski definition) is 2. The summed E-state index contributed by atoms with van der Waals surface area (Å²) in [6.07, 6.45) is 3.47. The summed E-state index contributed by atoms with van der Waals surface area (Å²) in [7, 11) is 0. The molecular formula is C11H12N4O2. The van der Waals surface area contributed by atoms with Gasteiger partial charge in [0.1, 0.15) is 18.2 Å². The van der Waals surface area contributed by atoms with Gasteiger partial charge in [0.05, 0.1) is 5.39 Å². The minimum absolute atomic E-state index is 0.473. The molecule has 0 aliphatic carbocycles. The van der Waals surface area contributed by atoms with Crippen LogP contribution in [0.1, 0.15) is 13.3 Å². The number of pyridine rings is 1. The Kier molecular flexibility index (Phi) is 3.13. The van der Waals surface area contributed by atoms with E-state index in [1.54, 1.807) is 25.3 Å². The van der Waals surface area contributed by atoms with Gasteiger partial charge in [0, 0.05) is 6.20 Å². The number of carboxylic acid groups (broad SMARTS) is 1. The van der Waals surface area contributed by atoms with Crippen LogP contribution in [-0.4, -0.2) is 32.1 Å². The Morgan fingerprint density at radius 2 is 2.29 bits per heavy atom. The molecule has 0 bridgehead atoms. The van der Waals surface area contributed by atoms with Crippen LogP contribution < -0.4 is 5.32 Å². The van der Waals surface area contributed by atoms with Crippen molar-refractivity contribution >= 4 is 22.8 Å². The molecule has 0 saturated carbocycles. The molecule has 2 aromatic heterocycles. The Morgan fingerprint density at radius 3 is 3.00 bits per heavy atom. The minimum Gasteiger partial charge on any atom is -0.480 e. The molecule has 2 aromatic rings. The van der Waals surface area contributed by atoms with Crippen molar-refractivity contribution in [3.63, 3.8) is 0 Å². The lowest BCUT2D eigenvalue weighted by molar-refractivity contribution is -0.137. The van der Waals surface area contributed by atoms with Gasteiger partial charge < -0.3 is 10.4 Å². The van der Waals surface area contributed by atoms with Crippen LogP contribution in [0.3, 0.4) is 0 Å². The molecule has 1 unspecified atom stereocenters. The third-order valence-electron chi connectivity index (χ3n) is 2.43. The quantitative estimate of drug-likeness (QED) is 0.826. The first-order valence-electron chi connectivity index (χ1n) is 5.27. The monoisotopic (exact) mass is 232 g/mol. The Morgan fingerprint density at radius 1 is 1.47 bits per heavy atom. The number of nitrogens with zero attached hydrogens (tertiary/aromatic N) is 3. The zero-order chi connectivity index (χ0) is 12.3. The van der Waals surface area contributed by atoms with Crippen molar-refractivity contribution in [2.24, 2.45) is 0 Å². The number of rotatable bonds is 4.